The summed E-state index contributed by atoms with van der Waals surface area (Å²) >= 11 is 5.05. The number of hydrogen-bond donors (Lipinski definition) is 1. The molecule has 19 heavy (non-hydrogen) atoms. The van der Waals surface area contributed by atoms with Crippen molar-refractivity contribution in [2.75, 3.05) is 19.4 Å². The number of pyridine rings is 1. The van der Waals surface area contributed by atoms with Gasteiger partial charge in [0.05, 0.1) is 24.0 Å². The van der Waals surface area contributed by atoms with E-state index in [4.69, 9.17) is 0 Å². The number of thiophene rings is 1. The number of nitrogens with zero attached hydrogens (tertiary/aromatic N) is 2. The van der Waals surface area contributed by atoms with E-state index < -0.39 is 0 Å². The van der Waals surface area contributed by atoms with Crippen LogP contribution in [0.4, 0.5) is 5.69 Å². The first-order valence-corrected chi connectivity index (χ1v) is 7.39. The summed E-state index contributed by atoms with van der Waals surface area (Å²) in [5.74, 6) is -0.0173. The Morgan fingerprint density at radius 2 is 2.37 bits per heavy atom. The minimum atomic E-state index is -0.0173. The number of carbonyl (C=O) groups is 1. The van der Waals surface area contributed by atoms with E-state index in [-0.39, 0.29) is 5.91 Å². The highest BCUT2D eigenvalue weighted by molar-refractivity contribution is 9.10. The zero-order chi connectivity index (χ0) is 13.8. The maximum atomic E-state index is 12.4. The molecular formula is C13H14BrN3OS. The third kappa shape index (κ3) is 3.33. The number of aromatic nitrogens is 1. The highest BCUT2D eigenvalue weighted by atomic mass is 79.9. The second-order valence-electron chi connectivity index (χ2n) is 4.06. The summed E-state index contributed by atoms with van der Waals surface area (Å²) in [5.41, 5.74) is 1.38. The van der Waals surface area contributed by atoms with Crippen molar-refractivity contribution in [1.29, 1.82) is 0 Å². The van der Waals surface area contributed by atoms with Gasteiger partial charge in [-0.3, -0.25) is 9.78 Å². The summed E-state index contributed by atoms with van der Waals surface area (Å²) in [6.07, 6.45) is 3.28. The molecule has 0 aliphatic heterocycles. The predicted octanol–water partition coefficient (Wildman–Crippen LogP) is 3.22. The SMILES string of the molecule is CNc1cnccc1C(=O)N(C)Cc1cc(Br)cs1. The molecule has 0 aliphatic rings. The number of carbonyl (C=O) groups excluding carboxylic acids is 1. The van der Waals surface area contributed by atoms with Crippen molar-refractivity contribution < 1.29 is 4.79 Å². The van der Waals surface area contributed by atoms with Crippen LogP contribution in [0.3, 0.4) is 0 Å². The summed E-state index contributed by atoms with van der Waals surface area (Å²) in [6, 6.07) is 3.76. The third-order valence-electron chi connectivity index (χ3n) is 2.68. The molecule has 0 aromatic carbocycles. The van der Waals surface area contributed by atoms with Crippen LogP contribution in [0.25, 0.3) is 0 Å². The number of nitrogens with one attached hydrogen (secondary N) is 1. The van der Waals surface area contributed by atoms with E-state index in [0.29, 0.717) is 12.1 Å². The van der Waals surface area contributed by atoms with Gasteiger partial charge in [-0.2, -0.15) is 0 Å². The lowest BCUT2D eigenvalue weighted by atomic mass is 10.2. The van der Waals surface area contributed by atoms with Gasteiger partial charge in [-0.25, -0.2) is 0 Å². The van der Waals surface area contributed by atoms with Gasteiger partial charge in [-0.1, -0.05) is 0 Å². The fraction of sp³-hybridized carbons (Fsp3) is 0.231. The Bertz CT molecular complexity index is 585. The van der Waals surface area contributed by atoms with Crippen molar-refractivity contribution in [2.45, 2.75) is 6.54 Å². The topological polar surface area (TPSA) is 45.2 Å². The molecule has 6 heteroatoms. The van der Waals surface area contributed by atoms with Crippen LogP contribution >= 0.6 is 27.3 Å². The second-order valence-corrected chi connectivity index (χ2v) is 5.98. The molecule has 0 bridgehead atoms. The van der Waals surface area contributed by atoms with E-state index in [1.807, 2.05) is 11.4 Å². The van der Waals surface area contributed by atoms with Gasteiger partial charge < -0.3 is 10.2 Å². The van der Waals surface area contributed by atoms with Gasteiger partial charge in [0.25, 0.3) is 5.91 Å². The normalized spacial score (nSPS) is 10.3. The molecule has 2 aromatic rings. The van der Waals surface area contributed by atoms with Gasteiger partial charge in [0.1, 0.15) is 0 Å². The van der Waals surface area contributed by atoms with Gasteiger partial charge in [-0.15, -0.1) is 11.3 Å². The van der Waals surface area contributed by atoms with E-state index in [9.17, 15) is 4.79 Å². The van der Waals surface area contributed by atoms with Crippen LogP contribution in [-0.2, 0) is 6.54 Å². The maximum absolute atomic E-state index is 12.4. The molecule has 0 unspecified atom stereocenters. The summed E-state index contributed by atoms with van der Waals surface area (Å²) in [4.78, 5) is 19.2. The average Bonchev–Trinajstić information content (AvgIpc) is 2.83. The fourth-order valence-electron chi connectivity index (χ4n) is 1.73. The van der Waals surface area contributed by atoms with Crippen molar-refractivity contribution in [3.05, 3.63) is 44.8 Å². The van der Waals surface area contributed by atoms with Crippen LogP contribution in [0.2, 0.25) is 0 Å². The predicted molar refractivity (Wildman–Crippen MR) is 81.6 cm³/mol. The standard InChI is InChI=1S/C13H14BrN3OS/c1-15-12-6-16-4-3-11(12)13(18)17(2)7-10-5-9(14)8-19-10/h3-6,8,15H,7H2,1-2H3. The summed E-state index contributed by atoms with van der Waals surface area (Å²) < 4.78 is 1.05. The van der Waals surface area contributed by atoms with E-state index in [1.54, 1.807) is 48.8 Å². The van der Waals surface area contributed by atoms with Crippen molar-refractivity contribution in [3.8, 4) is 0 Å². The van der Waals surface area contributed by atoms with E-state index in [0.717, 1.165) is 15.0 Å². The molecule has 2 aromatic heterocycles. The minimum absolute atomic E-state index is 0.0173. The molecule has 100 valence electrons. The van der Waals surface area contributed by atoms with Crippen molar-refractivity contribution >= 4 is 38.9 Å². The van der Waals surface area contributed by atoms with Gasteiger partial charge >= 0.3 is 0 Å². The lowest BCUT2D eigenvalue weighted by Gasteiger charge is -2.18. The molecule has 0 fully saturated rings. The molecule has 0 aliphatic carbocycles. The Labute approximate surface area is 124 Å². The molecule has 1 N–H and O–H groups in total. The van der Waals surface area contributed by atoms with Crippen molar-refractivity contribution in [3.63, 3.8) is 0 Å². The van der Waals surface area contributed by atoms with Gasteiger partial charge in [0, 0.05) is 35.0 Å². The Kier molecular flexibility index (Phi) is 4.55. The largest absolute Gasteiger partial charge is 0.386 e. The third-order valence-corrected chi connectivity index (χ3v) is 4.36. The zero-order valence-corrected chi connectivity index (χ0v) is 13.1. The van der Waals surface area contributed by atoms with E-state index >= 15 is 0 Å². The number of anilines is 1. The summed E-state index contributed by atoms with van der Waals surface area (Å²) in [5, 5.41) is 5.00. The maximum Gasteiger partial charge on any atom is 0.256 e. The first-order chi connectivity index (χ1) is 9.11. The molecule has 0 saturated heterocycles. The van der Waals surface area contributed by atoms with Crippen LogP contribution in [0.15, 0.2) is 34.4 Å². The molecule has 2 heterocycles. The van der Waals surface area contributed by atoms with Gasteiger partial charge in [0.15, 0.2) is 0 Å². The summed E-state index contributed by atoms with van der Waals surface area (Å²) in [6.45, 7) is 0.598. The lowest BCUT2D eigenvalue weighted by Crippen LogP contribution is -2.26. The van der Waals surface area contributed by atoms with Gasteiger partial charge in [0.2, 0.25) is 0 Å². The van der Waals surface area contributed by atoms with Crippen LogP contribution < -0.4 is 5.32 Å². The van der Waals surface area contributed by atoms with Crippen molar-refractivity contribution in [1.82, 2.24) is 9.88 Å². The smallest absolute Gasteiger partial charge is 0.256 e. The Balaban J connectivity index is 2.14. The van der Waals surface area contributed by atoms with Crippen LogP contribution in [0.1, 0.15) is 15.2 Å². The first kappa shape index (κ1) is 14.0. The highest BCUT2D eigenvalue weighted by Crippen LogP contribution is 2.22. The number of halogens is 1. The molecule has 0 saturated carbocycles. The molecule has 0 spiro atoms. The lowest BCUT2D eigenvalue weighted by molar-refractivity contribution is 0.0787. The highest BCUT2D eigenvalue weighted by Gasteiger charge is 2.16. The van der Waals surface area contributed by atoms with E-state index in [1.165, 1.54) is 0 Å². The van der Waals surface area contributed by atoms with E-state index in [2.05, 4.69) is 26.2 Å². The number of rotatable bonds is 4. The molecule has 0 radical (unpaired) electrons. The molecule has 1 amide bonds. The van der Waals surface area contributed by atoms with Crippen LogP contribution in [-0.4, -0.2) is 29.9 Å². The molecular weight excluding hydrogens is 326 g/mol. The molecule has 2 rings (SSSR count). The monoisotopic (exact) mass is 339 g/mol. The second kappa shape index (κ2) is 6.16. The number of amides is 1. The molecule has 4 nitrogen and oxygen atoms in total. The number of hydrogen-bond acceptors (Lipinski definition) is 4. The van der Waals surface area contributed by atoms with Crippen molar-refractivity contribution in [2.24, 2.45) is 0 Å². The molecule has 0 atom stereocenters. The quantitative estimate of drug-likeness (QED) is 0.930. The fourth-order valence-corrected chi connectivity index (χ4v) is 3.23. The van der Waals surface area contributed by atoms with Gasteiger partial charge in [-0.05, 0) is 28.1 Å². The van der Waals surface area contributed by atoms with Crippen LogP contribution in [0.5, 0.6) is 0 Å². The Morgan fingerprint density at radius 1 is 1.58 bits per heavy atom. The first-order valence-electron chi connectivity index (χ1n) is 5.72. The summed E-state index contributed by atoms with van der Waals surface area (Å²) in [7, 11) is 3.58. The Morgan fingerprint density at radius 3 is 3.00 bits per heavy atom. The average molecular weight is 340 g/mol. The minimum Gasteiger partial charge on any atom is -0.386 e. The zero-order valence-electron chi connectivity index (χ0n) is 10.7. The van der Waals surface area contributed by atoms with Crippen LogP contribution in [0, 0.1) is 0 Å². The Hall–Kier alpha value is -1.40.